The molecule has 168 valence electrons. The SMILES string of the molecule is CN1c2nc(C3=CC4CCC(C3)N4C(=O)c3cccnc3)ccc2N(CC(C)(C)C)C1O. The highest BCUT2D eigenvalue weighted by Gasteiger charge is 2.41. The van der Waals surface area contributed by atoms with Gasteiger partial charge in [-0.2, -0.15) is 0 Å². The molecule has 2 aromatic rings. The highest BCUT2D eigenvalue weighted by atomic mass is 16.3. The Balaban J connectivity index is 1.42. The fourth-order valence-corrected chi connectivity index (χ4v) is 5.20. The van der Waals surface area contributed by atoms with Crippen LogP contribution in [0.4, 0.5) is 11.5 Å². The van der Waals surface area contributed by atoms with Crippen molar-refractivity contribution in [3.8, 4) is 0 Å². The van der Waals surface area contributed by atoms with Crippen LogP contribution in [-0.2, 0) is 0 Å². The van der Waals surface area contributed by atoms with Crippen LogP contribution < -0.4 is 9.80 Å². The van der Waals surface area contributed by atoms with E-state index in [1.807, 2.05) is 33.9 Å². The average Bonchev–Trinajstić information content (AvgIpc) is 3.16. The van der Waals surface area contributed by atoms with Gasteiger partial charge >= 0.3 is 0 Å². The third-order valence-corrected chi connectivity index (χ3v) is 6.64. The molecular formula is C25H31N5O2. The number of aromatic nitrogens is 2. The summed E-state index contributed by atoms with van der Waals surface area (Å²) in [5.74, 6) is 0.866. The van der Waals surface area contributed by atoms with Crippen LogP contribution in [0.15, 0.2) is 42.7 Å². The maximum Gasteiger partial charge on any atom is 0.256 e. The van der Waals surface area contributed by atoms with E-state index in [9.17, 15) is 9.90 Å². The zero-order chi connectivity index (χ0) is 22.6. The Labute approximate surface area is 189 Å². The van der Waals surface area contributed by atoms with Gasteiger partial charge in [-0.3, -0.25) is 9.78 Å². The van der Waals surface area contributed by atoms with Crippen molar-refractivity contribution in [2.45, 2.75) is 58.5 Å². The number of aliphatic hydroxyl groups is 1. The minimum atomic E-state index is -0.712. The van der Waals surface area contributed by atoms with Gasteiger partial charge in [-0.15, -0.1) is 0 Å². The standard InChI is InChI=1S/C25H31N5O2/c1-25(2,3)15-29-21-10-9-20(27-22(21)28(4)24(29)32)17-12-18-7-8-19(13-17)30(18)23(31)16-6-5-11-26-14-16/h5-6,9-12,14,18-19,24,32H,7-8,13,15H2,1-4H3. The molecule has 2 aromatic heterocycles. The number of fused-ring (bicyclic) bond motifs is 3. The Morgan fingerprint density at radius 1 is 1.22 bits per heavy atom. The molecule has 1 saturated heterocycles. The summed E-state index contributed by atoms with van der Waals surface area (Å²) in [6, 6.07) is 8.05. The molecule has 0 aromatic carbocycles. The molecule has 5 rings (SSSR count). The summed E-state index contributed by atoms with van der Waals surface area (Å²) < 4.78 is 0. The third-order valence-electron chi connectivity index (χ3n) is 6.64. The van der Waals surface area contributed by atoms with Crippen LogP contribution in [0.25, 0.3) is 5.57 Å². The second kappa shape index (κ2) is 7.59. The lowest BCUT2D eigenvalue weighted by Crippen LogP contribution is -2.44. The van der Waals surface area contributed by atoms with Crippen LogP contribution in [0.5, 0.6) is 0 Å². The maximum absolute atomic E-state index is 13.1. The van der Waals surface area contributed by atoms with E-state index in [4.69, 9.17) is 4.98 Å². The summed E-state index contributed by atoms with van der Waals surface area (Å²) in [4.78, 5) is 28.0. The third kappa shape index (κ3) is 3.54. The molecule has 7 heteroatoms. The highest BCUT2D eigenvalue weighted by molar-refractivity contribution is 5.95. The van der Waals surface area contributed by atoms with E-state index in [0.29, 0.717) is 5.56 Å². The van der Waals surface area contributed by atoms with Crippen molar-refractivity contribution in [2.75, 3.05) is 23.4 Å². The van der Waals surface area contributed by atoms with E-state index in [1.165, 1.54) is 5.57 Å². The number of carbonyl (C=O) groups excluding carboxylic acids is 1. The van der Waals surface area contributed by atoms with Crippen molar-refractivity contribution in [1.82, 2.24) is 14.9 Å². The van der Waals surface area contributed by atoms with E-state index in [1.54, 1.807) is 12.4 Å². The molecule has 3 aliphatic heterocycles. The normalized spacial score (nSPS) is 24.6. The molecule has 2 bridgehead atoms. The molecule has 7 nitrogen and oxygen atoms in total. The largest absolute Gasteiger partial charge is 0.356 e. The highest BCUT2D eigenvalue weighted by Crippen LogP contribution is 2.42. The minimum absolute atomic E-state index is 0.0530. The summed E-state index contributed by atoms with van der Waals surface area (Å²) in [6.07, 6.45) is 7.61. The van der Waals surface area contributed by atoms with Crippen LogP contribution >= 0.6 is 0 Å². The van der Waals surface area contributed by atoms with Crippen molar-refractivity contribution in [3.63, 3.8) is 0 Å². The van der Waals surface area contributed by atoms with Gasteiger partial charge in [0.25, 0.3) is 5.91 Å². The van der Waals surface area contributed by atoms with Gasteiger partial charge in [0.1, 0.15) is 0 Å². The Morgan fingerprint density at radius 2 is 2.03 bits per heavy atom. The van der Waals surface area contributed by atoms with Crippen LogP contribution in [0.3, 0.4) is 0 Å². The molecule has 0 spiro atoms. The van der Waals surface area contributed by atoms with Gasteiger partial charge < -0.3 is 19.8 Å². The molecule has 0 aliphatic carbocycles. The molecule has 3 aliphatic rings. The zero-order valence-electron chi connectivity index (χ0n) is 19.2. The number of hydrogen-bond acceptors (Lipinski definition) is 6. The van der Waals surface area contributed by atoms with Crippen molar-refractivity contribution >= 4 is 23.0 Å². The van der Waals surface area contributed by atoms with Crippen molar-refractivity contribution in [2.24, 2.45) is 5.41 Å². The van der Waals surface area contributed by atoms with E-state index >= 15 is 0 Å². The molecular weight excluding hydrogens is 402 g/mol. The molecule has 1 amide bonds. The van der Waals surface area contributed by atoms with Gasteiger partial charge in [0, 0.05) is 32.0 Å². The first-order valence-corrected chi connectivity index (χ1v) is 11.4. The first-order chi connectivity index (χ1) is 15.2. The second-order valence-electron chi connectivity index (χ2n) is 10.3. The Hall–Kier alpha value is -2.93. The molecule has 1 N–H and O–H groups in total. The predicted molar refractivity (Wildman–Crippen MR) is 125 cm³/mol. The zero-order valence-corrected chi connectivity index (χ0v) is 19.2. The molecule has 3 atom stereocenters. The van der Waals surface area contributed by atoms with Gasteiger partial charge in [0.2, 0.25) is 6.35 Å². The van der Waals surface area contributed by atoms with Gasteiger partial charge in [0.15, 0.2) is 5.82 Å². The first kappa shape index (κ1) is 20.9. The minimum Gasteiger partial charge on any atom is -0.356 e. The van der Waals surface area contributed by atoms with Gasteiger partial charge in [-0.25, -0.2) is 4.98 Å². The lowest BCUT2D eigenvalue weighted by molar-refractivity contribution is 0.0692. The number of amides is 1. The number of hydrogen-bond donors (Lipinski definition) is 1. The van der Waals surface area contributed by atoms with Crippen LogP contribution in [-0.4, -0.2) is 57.9 Å². The molecule has 1 fully saturated rings. The quantitative estimate of drug-likeness (QED) is 0.799. The summed E-state index contributed by atoms with van der Waals surface area (Å²) in [6.45, 7) is 7.24. The van der Waals surface area contributed by atoms with E-state index < -0.39 is 6.35 Å². The molecule has 0 saturated carbocycles. The molecule has 0 radical (unpaired) electrons. The fourth-order valence-electron chi connectivity index (χ4n) is 5.20. The first-order valence-electron chi connectivity index (χ1n) is 11.4. The van der Waals surface area contributed by atoms with E-state index in [2.05, 4.69) is 44.0 Å². The Bertz CT molecular complexity index is 1060. The molecule has 3 unspecified atom stereocenters. The van der Waals surface area contributed by atoms with E-state index in [-0.39, 0.29) is 23.4 Å². The van der Waals surface area contributed by atoms with Gasteiger partial charge in [0.05, 0.1) is 23.0 Å². The topological polar surface area (TPSA) is 72.8 Å². The number of anilines is 2. The smallest absolute Gasteiger partial charge is 0.256 e. The summed E-state index contributed by atoms with van der Waals surface area (Å²) in [5.41, 5.74) is 3.79. The second-order valence-corrected chi connectivity index (χ2v) is 10.3. The summed E-state index contributed by atoms with van der Waals surface area (Å²) in [5, 5.41) is 10.8. The van der Waals surface area contributed by atoms with Crippen LogP contribution in [0.2, 0.25) is 0 Å². The maximum atomic E-state index is 13.1. The van der Waals surface area contributed by atoms with Crippen LogP contribution in [0, 0.1) is 5.41 Å². The fraction of sp³-hybridized carbons (Fsp3) is 0.480. The van der Waals surface area contributed by atoms with E-state index in [0.717, 1.165) is 43.0 Å². The van der Waals surface area contributed by atoms with Crippen molar-refractivity contribution in [3.05, 3.63) is 54.0 Å². The number of rotatable bonds is 3. The molecule has 32 heavy (non-hydrogen) atoms. The van der Waals surface area contributed by atoms with Crippen molar-refractivity contribution < 1.29 is 9.90 Å². The monoisotopic (exact) mass is 433 g/mol. The predicted octanol–water partition coefficient (Wildman–Crippen LogP) is 3.52. The Morgan fingerprint density at radius 3 is 2.72 bits per heavy atom. The average molecular weight is 434 g/mol. The lowest BCUT2D eigenvalue weighted by atomic mass is 9.95. The summed E-state index contributed by atoms with van der Waals surface area (Å²) in [7, 11) is 1.89. The van der Waals surface area contributed by atoms with Gasteiger partial charge in [-0.1, -0.05) is 26.8 Å². The number of pyridine rings is 2. The Kier molecular flexibility index (Phi) is 4.97. The number of carbonyl (C=O) groups is 1. The van der Waals surface area contributed by atoms with Crippen LogP contribution in [0.1, 0.15) is 56.1 Å². The summed E-state index contributed by atoms with van der Waals surface area (Å²) >= 11 is 0. The van der Waals surface area contributed by atoms with Gasteiger partial charge in [-0.05, 0) is 54.5 Å². The van der Waals surface area contributed by atoms with Crippen molar-refractivity contribution in [1.29, 1.82) is 0 Å². The molecule has 5 heterocycles. The lowest BCUT2D eigenvalue weighted by Gasteiger charge is -2.34. The number of nitrogens with zero attached hydrogens (tertiary/aromatic N) is 5. The number of aliphatic hydroxyl groups excluding tert-OH is 1.